The zero-order valence-corrected chi connectivity index (χ0v) is 21.5. The van der Waals surface area contributed by atoms with E-state index in [9.17, 15) is 14.0 Å². The summed E-state index contributed by atoms with van der Waals surface area (Å²) in [6.45, 7) is 1.78. The number of rotatable bonds is 8. The minimum absolute atomic E-state index is 0.209. The summed E-state index contributed by atoms with van der Waals surface area (Å²) in [6, 6.07) is 8.06. The van der Waals surface area contributed by atoms with Gasteiger partial charge in [-0.05, 0) is 30.4 Å². The number of halogens is 2. The Morgan fingerprint density at radius 2 is 1.94 bits per heavy atom. The summed E-state index contributed by atoms with van der Waals surface area (Å²) >= 11 is 1.77. The maximum absolute atomic E-state index is 13.2. The molecule has 36 heavy (non-hydrogen) atoms. The molecule has 0 saturated heterocycles. The monoisotopic (exact) mass is 604 g/mol. The summed E-state index contributed by atoms with van der Waals surface area (Å²) < 4.78 is 29.8. The number of fused-ring (bicyclic) bond motifs is 1. The van der Waals surface area contributed by atoms with Crippen molar-refractivity contribution in [3.05, 3.63) is 66.8 Å². The van der Waals surface area contributed by atoms with Crippen molar-refractivity contribution in [3.8, 4) is 23.1 Å². The molecule has 2 aromatic heterocycles. The van der Waals surface area contributed by atoms with Crippen LogP contribution in [0.15, 0.2) is 66.8 Å². The Hall–Kier alpha value is -3.74. The third-order valence-corrected chi connectivity index (χ3v) is 5.88. The molecule has 2 N–H and O–H groups in total. The first-order valence-electron chi connectivity index (χ1n) is 10.9. The Labute approximate surface area is 220 Å². The van der Waals surface area contributed by atoms with Gasteiger partial charge >= 0.3 is 0 Å². The topological polar surface area (TPSA) is 112 Å². The van der Waals surface area contributed by atoms with Crippen LogP contribution in [0.3, 0.4) is 0 Å². The third kappa shape index (κ3) is 6.08. The lowest BCUT2D eigenvalue weighted by Gasteiger charge is -2.22. The van der Waals surface area contributed by atoms with Crippen molar-refractivity contribution in [1.82, 2.24) is 15.3 Å². The molecule has 11 heteroatoms. The molecule has 186 valence electrons. The number of nitrogens with one attached hydrogen (secondary N) is 2. The van der Waals surface area contributed by atoms with Crippen LogP contribution in [-0.2, 0) is 9.59 Å². The first kappa shape index (κ1) is 25.4. The van der Waals surface area contributed by atoms with Crippen LogP contribution in [0.5, 0.6) is 23.1 Å². The molecule has 2 unspecified atom stereocenters. The fourth-order valence-electron chi connectivity index (χ4n) is 3.61. The molecule has 0 saturated carbocycles. The minimum atomic E-state index is -0.502. The van der Waals surface area contributed by atoms with E-state index in [0.29, 0.717) is 39.7 Å². The number of carbonyl (C=O) groups excluding carboxylic acids is 2. The number of methoxy groups -OCH3 is 1. The first-order valence-corrected chi connectivity index (χ1v) is 11.8. The van der Waals surface area contributed by atoms with Crippen LogP contribution in [0.1, 0.15) is 13.3 Å². The molecule has 0 bridgehead atoms. The third-order valence-electron chi connectivity index (χ3n) is 5.40. The Morgan fingerprint density at radius 1 is 1.11 bits per heavy atom. The van der Waals surface area contributed by atoms with Gasteiger partial charge in [-0.25, -0.2) is 9.37 Å². The van der Waals surface area contributed by atoms with Crippen LogP contribution in [0.25, 0.3) is 10.9 Å². The zero-order chi connectivity index (χ0) is 25.7. The molecule has 2 heterocycles. The number of hydrogen-bond acceptors (Lipinski definition) is 7. The molecule has 1 aliphatic rings. The zero-order valence-electron chi connectivity index (χ0n) is 19.3. The lowest BCUT2D eigenvalue weighted by Crippen LogP contribution is -2.39. The molecule has 0 aliphatic heterocycles. The largest absolute Gasteiger partial charge is 0.493 e. The van der Waals surface area contributed by atoms with Crippen molar-refractivity contribution in [1.29, 1.82) is 0 Å². The molecule has 2 amide bonds. The summed E-state index contributed by atoms with van der Waals surface area (Å²) in [6.07, 6.45) is 6.93. The highest BCUT2D eigenvalue weighted by atomic mass is 127. The number of amides is 2. The Kier molecular flexibility index (Phi) is 7.98. The van der Waals surface area contributed by atoms with Gasteiger partial charge in [0.25, 0.3) is 0 Å². The number of pyridine rings is 2. The summed E-state index contributed by atoms with van der Waals surface area (Å²) in [5.74, 6) is 0.359. The van der Waals surface area contributed by atoms with Gasteiger partial charge in [0.1, 0.15) is 18.0 Å². The number of hydrogen-bond donors (Lipinski definition) is 2. The summed E-state index contributed by atoms with van der Waals surface area (Å²) in [4.78, 5) is 33.1. The summed E-state index contributed by atoms with van der Waals surface area (Å²) in [7, 11) is 1.54. The number of aromatic nitrogens is 2. The fourth-order valence-corrected chi connectivity index (χ4v) is 3.96. The smallest absolute Gasteiger partial charge is 0.233 e. The fraction of sp³-hybridized carbons (Fsp3) is 0.200. The van der Waals surface area contributed by atoms with Crippen LogP contribution in [0.2, 0.25) is 0 Å². The van der Waals surface area contributed by atoms with Crippen LogP contribution >= 0.6 is 23.0 Å². The number of anilines is 1. The van der Waals surface area contributed by atoms with E-state index in [2.05, 4.69) is 20.6 Å². The number of nitrogens with zero attached hydrogens (tertiary/aromatic N) is 2. The van der Waals surface area contributed by atoms with E-state index in [1.165, 1.54) is 18.3 Å². The second kappa shape index (κ2) is 11.3. The molecule has 9 nitrogen and oxygen atoms in total. The van der Waals surface area contributed by atoms with E-state index in [-0.39, 0.29) is 24.2 Å². The highest BCUT2D eigenvalue weighted by Gasteiger charge is 2.20. The summed E-state index contributed by atoms with van der Waals surface area (Å²) in [5, 5.41) is 6.05. The molecular formula is C25H22FIN4O5. The van der Waals surface area contributed by atoms with E-state index in [1.807, 2.05) is 0 Å². The Bertz CT molecular complexity index is 1350. The molecule has 0 radical (unpaired) electrons. The average molecular weight is 604 g/mol. The highest BCUT2D eigenvalue weighted by Crippen LogP contribution is 2.37. The number of allylic oxidation sites excluding steroid dienone is 2. The average Bonchev–Trinajstić information content (AvgIpc) is 2.86. The lowest BCUT2D eigenvalue weighted by molar-refractivity contribution is -0.127. The van der Waals surface area contributed by atoms with Gasteiger partial charge in [0.15, 0.2) is 34.5 Å². The highest BCUT2D eigenvalue weighted by molar-refractivity contribution is 14.1. The van der Waals surface area contributed by atoms with E-state index < -0.39 is 11.8 Å². The Balaban J connectivity index is 1.37. The number of carbonyl (C=O) groups is 2. The van der Waals surface area contributed by atoms with Crippen LogP contribution in [0.4, 0.5) is 10.1 Å². The van der Waals surface area contributed by atoms with Gasteiger partial charge in [-0.1, -0.05) is 13.0 Å². The molecular weight excluding hydrogens is 582 g/mol. The second-order valence-electron chi connectivity index (χ2n) is 7.98. The standard InChI is InChI=1S/C25H22FIN4O5/c1-14-9-15(26)3-5-18(14)31-24(33)12-23(32)30-16-4-6-25(29-13-16)35-20-7-8-28-19-11-22(36-27)21(34-2)10-17(19)20/h3-11,13-14,18H,12H2,1-2H3,(H,30,32)(H,31,33). The maximum atomic E-state index is 13.2. The second-order valence-corrected chi connectivity index (χ2v) is 8.42. The predicted molar refractivity (Wildman–Crippen MR) is 140 cm³/mol. The Morgan fingerprint density at radius 3 is 2.64 bits per heavy atom. The maximum Gasteiger partial charge on any atom is 0.233 e. The van der Waals surface area contributed by atoms with Gasteiger partial charge < -0.3 is 23.2 Å². The van der Waals surface area contributed by atoms with Crippen molar-refractivity contribution in [2.45, 2.75) is 19.4 Å². The van der Waals surface area contributed by atoms with Crippen LogP contribution < -0.4 is 23.2 Å². The van der Waals surface area contributed by atoms with Crippen molar-refractivity contribution in [2.24, 2.45) is 5.92 Å². The van der Waals surface area contributed by atoms with Crippen LogP contribution in [-0.4, -0.2) is 34.9 Å². The van der Waals surface area contributed by atoms with Gasteiger partial charge in [-0.2, -0.15) is 0 Å². The minimum Gasteiger partial charge on any atom is -0.493 e. The predicted octanol–water partition coefficient (Wildman–Crippen LogP) is 5.03. The molecule has 3 aromatic rings. The molecule has 4 rings (SSSR count). The van der Waals surface area contributed by atoms with Gasteiger partial charge in [0, 0.05) is 29.6 Å². The molecule has 1 aromatic carbocycles. The normalized spacial score (nSPS) is 16.7. The first-order chi connectivity index (χ1) is 17.4. The molecule has 2 atom stereocenters. The molecule has 0 spiro atoms. The number of benzene rings is 1. The van der Waals surface area contributed by atoms with E-state index in [1.54, 1.807) is 79.6 Å². The van der Waals surface area contributed by atoms with E-state index >= 15 is 0 Å². The van der Waals surface area contributed by atoms with E-state index in [0.717, 1.165) is 0 Å². The SMILES string of the molecule is COc1cc2c(Oc3ccc(NC(=O)CC(=O)NC4C=CC(F)=CC4C)cn3)ccnc2cc1OI. The molecule has 1 aliphatic carbocycles. The van der Waals surface area contributed by atoms with Gasteiger partial charge in [-0.15, -0.1) is 0 Å². The summed E-state index contributed by atoms with van der Waals surface area (Å²) in [5.41, 5.74) is 1.06. The van der Waals surface area contributed by atoms with Crippen molar-refractivity contribution >= 4 is 51.4 Å². The van der Waals surface area contributed by atoms with Gasteiger partial charge in [0.05, 0.1) is 30.6 Å². The van der Waals surface area contributed by atoms with Gasteiger partial charge in [-0.3, -0.25) is 14.6 Å². The quantitative estimate of drug-likeness (QED) is 0.274. The van der Waals surface area contributed by atoms with Crippen LogP contribution in [0, 0.1) is 5.92 Å². The molecule has 0 fully saturated rings. The van der Waals surface area contributed by atoms with Gasteiger partial charge in [0.2, 0.25) is 17.7 Å². The van der Waals surface area contributed by atoms with Crippen molar-refractivity contribution in [2.75, 3.05) is 12.4 Å². The van der Waals surface area contributed by atoms with Crippen molar-refractivity contribution < 1.29 is 26.5 Å². The number of ether oxygens (including phenoxy) is 2. The van der Waals surface area contributed by atoms with E-state index in [4.69, 9.17) is 12.5 Å². The lowest BCUT2D eigenvalue weighted by atomic mass is 9.96. The van der Waals surface area contributed by atoms with Crippen molar-refractivity contribution in [3.63, 3.8) is 0 Å².